The fourth-order valence-electron chi connectivity index (χ4n) is 6.12. The van der Waals surface area contributed by atoms with Gasteiger partial charge < -0.3 is 15.5 Å². The van der Waals surface area contributed by atoms with Crippen molar-refractivity contribution >= 4 is 11.8 Å². The minimum absolute atomic E-state index is 0.166. The normalized spacial score (nSPS) is 15.1. The summed E-state index contributed by atoms with van der Waals surface area (Å²) in [6, 6.07) is 15.9. The van der Waals surface area contributed by atoms with Crippen molar-refractivity contribution in [2.24, 2.45) is 0 Å². The SMILES string of the molecule is CCCCCC(=O)NC1CCN(CCCCC(C(=O)NCC(C)(F)F)(c2ccccc2C)c2ccccc2C)CC1. The maximum atomic E-state index is 14.0. The van der Waals surface area contributed by atoms with Crippen molar-refractivity contribution in [3.8, 4) is 0 Å². The van der Waals surface area contributed by atoms with Gasteiger partial charge in [-0.2, -0.15) is 0 Å². The standard InChI is InChI=1S/C34H49F2N3O2/c1-5-6-7-18-31(40)38-28-19-23-39(24-20-28)22-13-12-21-34(29-16-10-8-14-26(29)2,30-17-11-9-15-27(30)3)32(41)37-25-33(4,35)36/h8-11,14-17,28H,5-7,12-13,18-25H2,1-4H3,(H,37,41)(H,38,40). The highest BCUT2D eigenvalue weighted by atomic mass is 19.3. The van der Waals surface area contributed by atoms with E-state index in [1.807, 2.05) is 62.4 Å². The predicted molar refractivity (Wildman–Crippen MR) is 162 cm³/mol. The lowest BCUT2D eigenvalue weighted by molar-refractivity contribution is -0.127. The zero-order valence-corrected chi connectivity index (χ0v) is 25.4. The van der Waals surface area contributed by atoms with Gasteiger partial charge in [-0.05, 0) is 74.8 Å². The average Bonchev–Trinajstić information content (AvgIpc) is 2.94. The first kappa shape index (κ1) is 32.7. The molecule has 2 aromatic rings. The van der Waals surface area contributed by atoms with Gasteiger partial charge in [0.05, 0.1) is 12.0 Å². The fraction of sp³-hybridized carbons (Fsp3) is 0.588. The second-order valence-electron chi connectivity index (χ2n) is 11.9. The number of amides is 2. The molecule has 3 rings (SSSR count). The largest absolute Gasteiger partial charge is 0.353 e. The highest BCUT2D eigenvalue weighted by Gasteiger charge is 2.44. The maximum Gasteiger partial charge on any atom is 0.262 e. The first-order valence-electron chi connectivity index (χ1n) is 15.4. The first-order chi connectivity index (χ1) is 19.6. The van der Waals surface area contributed by atoms with E-state index in [1.165, 1.54) is 0 Å². The lowest BCUT2D eigenvalue weighted by atomic mass is 9.67. The highest BCUT2D eigenvalue weighted by Crippen LogP contribution is 2.41. The van der Waals surface area contributed by atoms with Gasteiger partial charge in [0.25, 0.3) is 5.92 Å². The van der Waals surface area contributed by atoms with Crippen LogP contribution in [-0.2, 0) is 15.0 Å². The number of carbonyl (C=O) groups excluding carboxylic acids is 2. The van der Waals surface area contributed by atoms with E-state index < -0.39 is 17.9 Å². The zero-order valence-electron chi connectivity index (χ0n) is 25.4. The number of alkyl halides is 2. The van der Waals surface area contributed by atoms with E-state index in [1.54, 1.807) is 0 Å². The Kier molecular flexibility index (Phi) is 12.3. The number of nitrogens with one attached hydrogen (secondary N) is 2. The molecule has 1 heterocycles. The van der Waals surface area contributed by atoms with Crippen LogP contribution in [0.4, 0.5) is 8.78 Å². The van der Waals surface area contributed by atoms with Gasteiger partial charge in [0, 0.05) is 32.5 Å². The summed E-state index contributed by atoms with van der Waals surface area (Å²) in [4.78, 5) is 28.7. The number of unbranched alkanes of at least 4 members (excludes halogenated alkanes) is 3. The summed E-state index contributed by atoms with van der Waals surface area (Å²) in [5.41, 5.74) is 2.58. The lowest BCUT2D eigenvalue weighted by Gasteiger charge is -2.37. The van der Waals surface area contributed by atoms with E-state index in [-0.39, 0.29) is 17.9 Å². The van der Waals surface area contributed by atoms with Crippen LogP contribution >= 0.6 is 0 Å². The second-order valence-corrected chi connectivity index (χ2v) is 11.9. The molecule has 5 nitrogen and oxygen atoms in total. The number of hydrogen-bond donors (Lipinski definition) is 2. The van der Waals surface area contributed by atoms with Crippen LogP contribution in [0.25, 0.3) is 0 Å². The molecule has 2 aromatic carbocycles. The van der Waals surface area contributed by atoms with Gasteiger partial charge in [-0.25, -0.2) is 8.78 Å². The van der Waals surface area contributed by atoms with Crippen LogP contribution in [0, 0.1) is 13.8 Å². The van der Waals surface area contributed by atoms with Crippen LogP contribution in [0.5, 0.6) is 0 Å². The van der Waals surface area contributed by atoms with Gasteiger partial charge in [-0.3, -0.25) is 9.59 Å². The molecule has 7 heteroatoms. The third kappa shape index (κ3) is 9.35. The molecule has 1 aliphatic rings. The van der Waals surface area contributed by atoms with E-state index in [9.17, 15) is 18.4 Å². The molecule has 0 unspecified atom stereocenters. The van der Waals surface area contributed by atoms with Crippen LogP contribution < -0.4 is 10.6 Å². The number of rotatable bonds is 15. The lowest BCUT2D eigenvalue weighted by Crippen LogP contribution is -2.49. The minimum Gasteiger partial charge on any atom is -0.353 e. The van der Waals surface area contributed by atoms with Crippen molar-refractivity contribution in [3.05, 3.63) is 70.8 Å². The summed E-state index contributed by atoms with van der Waals surface area (Å²) in [6.07, 6.45) is 7.85. The van der Waals surface area contributed by atoms with E-state index in [4.69, 9.17) is 0 Å². The molecule has 2 N–H and O–H groups in total. The molecule has 1 aliphatic heterocycles. The van der Waals surface area contributed by atoms with Gasteiger partial charge in [-0.15, -0.1) is 0 Å². The Morgan fingerprint density at radius 3 is 2.02 bits per heavy atom. The number of aryl methyl sites for hydroxylation is 2. The van der Waals surface area contributed by atoms with Crippen molar-refractivity contribution in [1.29, 1.82) is 0 Å². The molecule has 0 aliphatic carbocycles. The summed E-state index contributed by atoms with van der Waals surface area (Å²) in [5, 5.41) is 5.81. The third-order valence-corrected chi connectivity index (χ3v) is 8.39. The second kappa shape index (κ2) is 15.4. The van der Waals surface area contributed by atoms with Gasteiger partial charge in [-0.1, -0.05) is 74.7 Å². The molecular weight excluding hydrogens is 520 g/mol. The van der Waals surface area contributed by atoms with E-state index in [0.29, 0.717) is 12.8 Å². The van der Waals surface area contributed by atoms with Crippen LogP contribution in [-0.4, -0.2) is 54.9 Å². The number of halogens is 2. The topological polar surface area (TPSA) is 61.4 Å². The van der Waals surface area contributed by atoms with E-state index in [2.05, 4.69) is 22.5 Å². The molecule has 1 saturated heterocycles. The van der Waals surface area contributed by atoms with Crippen LogP contribution in [0.2, 0.25) is 0 Å². The number of piperidine rings is 1. The Balaban J connectivity index is 1.70. The van der Waals surface area contributed by atoms with Gasteiger partial charge in [0.2, 0.25) is 11.8 Å². The molecule has 0 aromatic heterocycles. The number of hydrogen-bond acceptors (Lipinski definition) is 3. The summed E-state index contributed by atoms with van der Waals surface area (Å²) in [7, 11) is 0. The fourth-order valence-corrected chi connectivity index (χ4v) is 6.12. The zero-order chi connectivity index (χ0) is 29.9. The first-order valence-corrected chi connectivity index (χ1v) is 15.4. The van der Waals surface area contributed by atoms with Crippen molar-refractivity contribution in [2.75, 3.05) is 26.2 Å². The van der Waals surface area contributed by atoms with Gasteiger partial charge in [0.15, 0.2) is 0 Å². The van der Waals surface area contributed by atoms with Crippen LogP contribution in [0.3, 0.4) is 0 Å². The Morgan fingerprint density at radius 2 is 1.49 bits per heavy atom. The predicted octanol–water partition coefficient (Wildman–Crippen LogP) is 6.69. The van der Waals surface area contributed by atoms with Gasteiger partial charge >= 0.3 is 0 Å². The quantitative estimate of drug-likeness (QED) is 0.235. The summed E-state index contributed by atoms with van der Waals surface area (Å²) in [5.74, 6) is -3.21. The number of likely N-dealkylation sites (tertiary alicyclic amines) is 1. The van der Waals surface area contributed by atoms with E-state index >= 15 is 0 Å². The van der Waals surface area contributed by atoms with Gasteiger partial charge in [0.1, 0.15) is 0 Å². The molecule has 0 atom stereocenters. The molecule has 0 bridgehead atoms. The number of nitrogens with zero attached hydrogens (tertiary/aromatic N) is 1. The number of benzene rings is 2. The Bertz CT molecular complexity index is 1080. The molecule has 226 valence electrons. The summed E-state index contributed by atoms with van der Waals surface area (Å²) in [6.45, 7) is 9.02. The summed E-state index contributed by atoms with van der Waals surface area (Å²) < 4.78 is 27.7. The Hall–Kier alpha value is -2.80. The molecule has 2 amide bonds. The molecular formula is C34H49F2N3O2. The highest BCUT2D eigenvalue weighted by molar-refractivity contribution is 5.93. The van der Waals surface area contributed by atoms with Crippen LogP contribution in [0.1, 0.15) is 93.9 Å². The monoisotopic (exact) mass is 569 g/mol. The number of carbonyl (C=O) groups is 2. The van der Waals surface area contributed by atoms with Crippen LogP contribution in [0.15, 0.2) is 48.5 Å². The van der Waals surface area contributed by atoms with Crippen molar-refractivity contribution in [2.45, 2.75) is 103 Å². The molecule has 0 spiro atoms. The molecule has 41 heavy (non-hydrogen) atoms. The average molecular weight is 570 g/mol. The Morgan fingerprint density at radius 1 is 0.902 bits per heavy atom. The van der Waals surface area contributed by atoms with E-state index in [0.717, 1.165) is 93.8 Å². The van der Waals surface area contributed by atoms with Crippen molar-refractivity contribution < 1.29 is 18.4 Å². The Labute approximate surface area is 245 Å². The third-order valence-electron chi connectivity index (χ3n) is 8.39. The van der Waals surface area contributed by atoms with Crippen molar-refractivity contribution in [1.82, 2.24) is 15.5 Å². The molecule has 0 radical (unpaired) electrons. The smallest absolute Gasteiger partial charge is 0.262 e. The summed E-state index contributed by atoms with van der Waals surface area (Å²) >= 11 is 0. The molecule has 1 fully saturated rings. The minimum atomic E-state index is -3.00. The molecule has 0 saturated carbocycles. The van der Waals surface area contributed by atoms with Crippen molar-refractivity contribution in [3.63, 3.8) is 0 Å². The maximum absolute atomic E-state index is 14.0.